The van der Waals surface area contributed by atoms with E-state index in [0.29, 0.717) is 30.1 Å². The minimum atomic E-state index is 0.263. The third kappa shape index (κ3) is 3.66. The van der Waals surface area contributed by atoms with Crippen LogP contribution in [0.15, 0.2) is 90.5 Å². The van der Waals surface area contributed by atoms with Gasteiger partial charge in [-0.3, -0.25) is 15.5 Å². The molecule has 5 heteroatoms. The van der Waals surface area contributed by atoms with Gasteiger partial charge < -0.3 is 10.6 Å². The highest BCUT2D eigenvalue weighted by atomic mass is 15.5. The third-order valence-electron chi connectivity index (χ3n) is 10.8. The second-order valence-electron chi connectivity index (χ2n) is 12.7. The number of hydrogen-bond donors (Lipinski definition) is 4. The molecule has 4 saturated heterocycles. The Morgan fingerprint density at radius 2 is 1.22 bits per heavy atom. The summed E-state index contributed by atoms with van der Waals surface area (Å²) in [6.45, 7) is 4.13. The number of fused-ring (bicyclic) bond motifs is 7. The van der Waals surface area contributed by atoms with Crippen LogP contribution in [0, 0.1) is 11.8 Å². The smallest absolute Gasteiger partial charge is 0.0811 e. The zero-order valence-electron chi connectivity index (χ0n) is 23.5. The molecule has 5 nitrogen and oxygen atoms in total. The zero-order chi connectivity index (χ0) is 26.9. The Morgan fingerprint density at radius 3 is 1.95 bits per heavy atom. The van der Waals surface area contributed by atoms with Gasteiger partial charge in [0.25, 0.3) is 0 Å². The van der Waals surface area contributed by atoms with Crippen LogP contribution in [0.5, 0.6) is 0 Å². The van der Waals surface area contributed by atoms with Crippen LogP contribution in [0.25, 0.3) is 27.1 Å². The largest absolute Gasteiger partial charge is 0.310 e. The minimum absolute atomic E-state index is 0.263. The molecule has 1 saturated carbocycles. The normalized spacial score (nSPS) is 32.9. The van der Waals surface area contributed by atoms with Crippen molar-refractivity contribution in [2.24, 2.45) is 11.8 Å². The number of benzene rings is 4. The van der Waals surface area contributed by atoms with Crippen LogP contribution in [0.4, 0.5) is 0 Å². The molecule has 4 heterocycles. The first-order chi connectivity index (χ1) is 20.4. The SMILES string of the molecule is c1ccc2c(C(=C3C4CCCC5C6NCCNC6N(C6NCCNC36)C45)c3cccc4ccccc34)cccc2c1. The van der Waals surface area contributed by atoms with Crippen molar-refractivity contribution < 1.29 is 0 Å². The first-order valence-electron chi connectivity index (χ1n) is 15.8. The molecule has 208 valence electrons. The van der Waals surface area contributed by atoms with Crippen LogP contribution in [0.3, 0.4) is 0 Å². The molecule has 1 aliphatic carbocycles. The summed E-state index contributed by atoms with van der Waals surface area (Å²) in [5.74, 6) is 1.19. The molecule has 4 aromatic rings. The number of nitrogens with one attached hydrogen (secondary N) is 4. The summed E-state index contributed by atoms with van der Waals surface area (Å²) >= 11 is 0. The van der Waals surface area contributed by atoms with E-state index < -0.39 is 0 Å². The highest BCUT2D eigenvalue weighted by Crippen LogP contribution is 2.53. The predicted molar refractivity (Wildman–Crippen MR) is 168 cm³/mol. The van der Waals surface area contributed by atoms with E-state index in [1.54, 1.807) is 5.57 Å². The van der Waals surface area contributed by atoms with Gasteiger partial charge in [-0.2, -0.15) is 0 Å². The van der Waals surface area contributed by atoms with Gasteiger partial charge in [0.15, 0.2) is 0 Å². The van der Waals surface area contributed by atoms with Gasteiger partial charge in [0, 0.05) is 38.3 Å². The van der Waals surface area contributed by atoms with E-state index in [1.807, 2.05) is 0 Å². The summed E-state index contributed by atoms with van der Waals surface area (Å²) in [4.78, 5) is 2.88. The van der Waals surface area contributed by atoms with Crippen molar-refractivity contribution in [3.05, 3.63) is 102 Å². The molecule has 7 unspecified atom stereocenters. The molecule has 4 aliphatic heterocycles. The molecule has 0 aromatic heterocycles. The average molecular weight is 542 g/mol. The first kappa shape index (κ1) is 24.5. The van der Waals surface area contributed by atoms with E-state index in [9.17, 15) is 0 Å². The molecule has 41 heavy (non-hydrogen) atoms. The number of piperazine rings is 2. The Hall–Kier alpha value is -3.06. The monoisotopic (exact) mass is 541 g/mol. The maximum atomic E-state index is 4.09. The Kier molecular flexibility index (Phi) is 5.84. The number of nitrogens with zero attached hydrogens (tertiary/aromatic N) is 1. The summed E-state index contributed by atoms with van der Waals surface area (Å²) in [7, 11) is 0. The Morgan fingerprint density at radius 1 is 0.610 bits per heavy atom. The summed E-state index contributed by atoms with van der Waals surface area (Å²) in [5.41, 5.74) is 5.86. The fraction of sp³-hybridized carbons (Fsp3) is 0.389. The van der Waals surface area contributed by atoms with E-state index >= 15 is 0 Å². The lowest BCUT2D eigenvalue weighted by atomic mass is 9.66. The van der Waals surface area contributed by atoms with Crippen LogP contribution in [0.2, 0.25) is 0 Å². The van der Waals surface area contributed by atoms with Crippen molar-refractivity contribution in [2.45, 2.75) is 49.7 Å². The molecular weight excluding hydrogens is 502 g/mol. The number of rotatable bonds is 2. The van der Waals surface area contributed by atoms with Crippen LogP contribution in [-0.4, -0.2) is 61.5 Å². The molecule has 4 aromatic carbocycles. The van der Waals surface area contributed by atoms with Gasteiger partial charge in [-0.1, -0.05) is 91.3 Å². The van der Waals surface area contributed by atoms with Crippen LogP contribution >= 0.6 is 0 Å². The summed E-state index contributed by atoms with van der Waals surface area (Å²) in [6.07, 6.45) is 4.57. The summed E-state index contributed by atoms with van der Waals surface area (Å²) < 4.78 is 0. The second-order valence-corrected chi connectivity index (χ2v) is 12.7. The molecular formula is C36H39N5. The van der Waals surface area contributed by atoms with Gasteiger partial charge >= 0.3 is 0 Å². The molecule has 5 fully saturated rings. The lowest BCUT2D eigenvalue weighted by molar-refractivity contribution is -0.00937. The molecule has 9 rings (SSSR count). The number of piperidine rings is 1. The van der Waals surface area contributed by atoms with Crippen molar-refractivity contribution in [1.82, 2.24) is 26.2 Å². The fourth-order valence-corrected chi connectivity index (χ4v) is 9.44. The highest BCUT2D eigenvalue weighted by molar-refractivity contribution is 6.05. The molecule has 0 bridgehead atoms. The maximum absolute atomic E-state index is 4.09. The Labute approximate surface area is 242 Å². The standard InChI is InChI=1S/C36H39N5/c1-3-12-24-22(8-1)10-5-14-26(24)30(27-15-6-11-23-9-2-4-13-25(23)27)31-28-16-7-17-29-32-35(39-20-18-37-32)41(34(28)29)36-33(31)38-19-21-40-36/h1-6,8-15,28-29,32-40H,7,16-21H2. The van der Waals surface area contributed by atoms with E-state index in [4.69, 9.17) is 0 Å². The van der Waals surface area contributed by atoms with E-state index in [1.165, 1.54) is 57.5 Å². The first-order valence-corrected chi connectivity index (χ1v) is 15.8. The van der Waals surface area contributed by atoms with Gasteiger partial charge in [0.2, 0.25) is 0 Å². The van der Waals surface area contributed by atoms with Crippen molar-refractivity contribution in [3.8, 4) is 0 Å². The van der Waals surface area contributed by atoms with Crippen molar-refractivity contribution in [1.29, 1.82) is 0 Å². The zero-order valence-corrected chi connectivity index (χ0v) is 23.5. The molecule has 0 radical (unpaired) electrons. The van der Waals surface area contributed by atoms with Crippen molar-refractivity contribution in [3.63, 3.8) is 0 Å². The van der Waals surface area contributed by atoms with Crippen LogP contribution in [0.1, 0.15) is 30.4 Å². The van der Waals surface area contributed by atoms with Gasteiger partial charge in [0.05, 0.1) is 18.4 Å². The quantitative estimate of drug-likeness (QED) is 0.297. The van der Waals surface area contributed by atoms with Gasteiger partial charge in [0.1, 0.15) is 0 Å². The van der Waals surface area contributed by atoms with E-state index in [2.05, 4.69) is 111 Å². The summed E-state index contributed by atoms with van der Waals surface area (Å²) in [6, 6.07) is 33.1. The third-order valence-corrected chi connectivity index (χ3v) is 10.8. The van der Waals surface area contributed by atoms with Gasteiger partial charge in [-0.15, -0.1) is 0 Å². The molecule has 4 N–H and O–H groups in total. The minimum Gasteiger partial charge on any atom is -0.310 e. The van der Waals surface area contributed by atoms with E-state index in [0.717, 1.165) is 26.2 Å². The highest BCUT2D eigenvalue weighted by Gasteiger charge is 2.61. The number of hydrogen-bond acceptors (Lipinski definition) is 5. The van der Waals surface area contributed by atoms with Gasteiger partial charge in [-0.05, 0) is 68.5 Å². The second kappa shape index (κ2) is 9.75. The van der Waals surface area contributed by atoms with Crippen molar-refractivity contribution >= 4 is 27.1 Å². The Balaban J connectivity index is 1.36. The maximum Gasteiger partial charge on any atom is 0.0811 e. The molecule has 0 spiro atoms. The lowest BCUT2D eigenvalue weighted by Gasteiger charge is -2.55. The summed E-state index contributed by atoms with van der Waals surface area (Å²) in [5, 5.41) is 21.4. The van der Waals surface area contributed by atoms with Crippen LogP contribution in [-0.2, 0) is 0 Å². The average Bonchev–Trinajstić information content (AvgIpc) is 3.38. The fourth-order valence-electron chi connectivity index (χ4n) is 9.44. The van der Waals surface area contributed by atoms with Crippen molar-refractivity contribution in [2.75, 3.05) is 26.2 Å². The van der Waals surface area contributed by atoms with Gasteiger partial charge in [-0.25, -0.2) is 0 Å². The Bertz CT molecular complexity index is 1570. The topological polar surface area (TPSA) is 51.4 Å². The predicted octanol–water partition coefficient (Wildman–Crippen LogP) is 4.68. The van der Waals surface area contributed by atoms with E-state index in [-0.39, 0.29) is 12.2 Å². The molecule has 0 amide bonds. The molecule has 7 atom stereocenters. The molecule has 5 aliphatic rings. The lowest BCUT2D eigenvalue weighted by Crippen LogP contribution is -2.73. The van der Waals surface area contributed by atoms with Crippen LogP contribution < -0.4 is 21.3 Å².